The molecule has 0 fully saturated rings. The normalized spacial score (nSPS) is 11.5. The summed E-state index contributed by atoms with van der Waals surface area (Å²) in [5.74, 6) is 0.00454. The van der Waals surface area contributed by atoms with Gasteiger partial charge in [0.2, 0.25) is 10.0 Å². The molecule has 0 radical (unpaired) electrons. The van der Waals surface area contributed by atoms with E-state index in [1.54, 1.807) is 12.1 Å². The van der Waals surface area contributed by atoms with Crippen molar-refractivity contribution in [2.75, 3.05) is 26.5 Å². The van der Waals surface area contributed by atoms with Gasteiger partial charge in [0.05, 0.1) is 17.7 Å². The van der Waals surface area contributed by atoms with Gasteiger partial charge in [0.1, 0.15) is 5.75 Å². The number of nitrogens with zero attached hydrogens (tertiary/aromatic N) is 2. The number of aryl methyl sites for hydroxylation is 1. The minimum atomic E-state index is -3.64. The average molecular weight is 413 g/mol. The van der Waals surface area contributed by atoms with E-state index in [0.29, 0.717) is 11.3 Å². The van der Waals surface area contributed by atoms with Crippen LogP contribution < -0.4 is 10.1 Å². The van der Waals surface area contributed by atoms with Gasteiger partial charge in [0, 0.05) is 37.7 Å². The van der Waals surface area contributed by atoms with E-state index in [4.69, 9.17) is 4.74 Å². The molecule has 1 N–H and O–H groups in total. The highest BCUT2D eigenvalue weighted by molar-refractivity contribution is 7.89. The van der Waals surface area contributed by atoms with Gasteiger partial charge in [-0.2, -0.15) is 0 Å². The van der Waals surface area contributed by atoms with Gasteiger partial charge in [-0.15, -0.1) is 0 Å². The van der Waals surface area contributed by atoms with E-state index in [2.05, 4.69) is 5.32 Å². The summed E-state index contributed by atoms with van der Waals surface area (Å²) in [7, 11) is 0.718. The zero-order valence-electron chi connectivity index (χ0n) is 16.7. The standard InChI is InChI=1S/C21H23N3O4S/c1-15-7-8-16(13-19(15)24-11-5-6-12-24)21(25)22-18-14-17(9-10-20(18)28-4)29(26,27)23(2)3/h5-14H,1-4H3,(H,22,25). The molecular formula is C21H23N3O4S. The Morgan fingerprint density at radius 2 is 1.76 bits per heavy atom. The number of aromatic nitrogens is 1. The topological polar surface area (TPSA) is 80.6 Å². The van der Waals surface area contributed by atoms with Crippen molar-refractivity contribution >= 4 is 21.6 Å². The number of hydrogen-bond acceptors (Lipinski definition) is 4. The van der Waals surface area contributed by atoms with E-state index in [9.17, 15) is 13.2 Å². The highest BCUT2D eigenvalue weighted by Gasteiger charge is 2.20. The number of hydrogen-bond donors (Lipinski definition) is 1. The van der Waals surface area contributed by atoms with E-state index in [1.807, 2.05) is 42.1 Å². The molecule has 3 aromatic rings. The third kappa shape index (κ3) is 4.18. The van der Waals surface area contributed by atoms with Crippen molar-refractivity contribution in [2.24, 2.45) is 0 Å². The predicted molar refractivity (Wildman–Crippen MR) is 112 cm³/mol. The summed E-state index contributed by atoms with van der Waals surface area (Å²) in [5, 5.41) is 2.76. The van der Waals surface area contributed by atoms with Gasteiger partial charge < -0.3 is 14.6 Å². The fourth-order valence-corrected chi connectivity index (χ4v) is 3.80. The van der Waals surface area contributed by atoms with Crippen molar-refractivity contribution in [3.05, 3.63) is 72.1 Å². The molecule has 0 aliphatic rings. The SMILES string of the molecule is COc1ccc(S(=O)(=O)N(C)C)cc1NC(=O)c1ccc(C)c(-n2cccc2)c1. The van der Waals surface area contributed by atoms with Crippen molar-refractivity contribution in [2.45, 2.75) is 11.8 Å². The lowest BCUT2D eigenvalue weighted by atomic mass is 10.1. The van der Waals surface area contributed by atoms with Crippen LogP contribution in [0, 0.1) is 6.92 Å². The van der Waals surface area contributed by atoms with Crippen LogP contribution in [-0.4, -0.2) is 44.4 Å². The van der Waals surface area contributed by atoms with Gasteiger partial charge in [-0.05, 0) is 55.0 Å². The molecule has 0 saturated heterocycles. The maximum absolute atomic E-state index is 12.9. The van der Waals surface area contributed by atoms with E-state index in [0.717, 1.165) is 15.6 Å². The molecule has 3 rings (SSSR count). The zero-order chi connectivity index (χ0) is 21.2. The first kappa shape index (κ1) is 20.6. The lowest BCUT2D eigenvalue weighted by Crippen LogP contribution is -2.22. The van der Waals surface area contributed by atoms with Crippen LogP contribution in [0.5, 0.6) is 5.75 Å². The second kappa shape index (κ2) is 8.10. The fraction of sp³-hybridized carbons (Fsp3) is 0.190. The summed E-state index contributed by atoms with van der Waals surface area (Å²) >= 11 is 0. The van der Waals surface area contributed by atoms with Gasteiger partial charge >= 0.3 is 0 Å². The van der Waals surface area contributed by atoms with Gasteiger partial charge in [0.25, 0.3) is 5.91 Å². The van der Waals surface area contributed by atoms with E-state index < -0.39 is 10.0 Å². The Kier molecular flexibility index (Phi) is 5.76. The second-order valence-corrected chi connectivity index (χ2v) is 8.85. The summed E-state index contributed by atoms with van der Waals surface area (Å²) in [4.78, 5) is 12.9. The number of rotatable bonds is 6. The van der Waals surface area contributed by atoms with Crippen LogP contribution in [0.3, 0.4) is 0 Å². The molecule has 1 aromatic heterocycles. The molecule has 0 aliphatic heterocycles. The lowest BCUT2D eigenvalue weighted by Gasteiger charge is -2.15. The van der Waals surface area contributed by atoms with Gasteiger partial charge in [-0.25, -0.2) is 12.7 Å². The Balaban J connectivity index is 1.96. The van der Waals surface area contributed by atoms with Gasteiger partial charge in [0.15, 0.2) is 0 Å². The first-order valence-corrected chi connectivity index (χ1v) is 10.3. The van der Waals surface area contributed by atoms with Crippen molar-refractivity contribution in [3.8, 4) is 11.4 Å². The van der Waals surface area contributed by atoms with Crippen molar-refractivity contribution in [3.63, 3.8) is 0 Å². The molecular weight excluding hydrogens is 390 g/mol. The van der Waals surface area contributed by atoms with Crippen molar-refractivity contribution in [1.29, 1.82) is 0 Å². The molecule has 0 unspecified atom stereocenters. The van der Waals surface area contributed by atoms with E-state index >= 15 is 0 Å². The number of benzene rings is 2. The average Bonchev–Trinajstić information content (AvgIpc) is 3.22. The predicted octanol–water partition coefficient (Wildman–Crippen LogP) is 3.30. The molecule has 0 atom stereocenters. The molecule has 152 valence electrons. The van der Waals surface area contributed by atoms with Crippen LogP contribution in [-0.2, 0) is 10.0 Å². The van der Waals surface area contributed by atoms with Crippen LogP contribution >= 0.6 is 0 Å². The Bertz CT molecular complexity index is 1140. The Hall–Kier alpha value is -3.10. The minimum absolute atomic E-state index is 0.0653. The van der Waals surface area contributed by atoms with Crippen LogP contribution in [0.2, 0.25) is 0 Å². The molecule has 0 saturated carbocycles. The third-order valence-electron chi connectivity index (χ3n) is 4.55. The number of carbonyl (C=O) groups excluding carboxylic acids is 1. The number of methoxy groups -OCH3 is 1. The van der Waals surface area contributed by atoms with E-state index in [1.165, 1.54) is 39.4 Å². The molecule has 0 spiro atoms. The Morgan fingerprint density at radius 1 is 1.07 bits per heavy atom. The monoisotopic (exact) mass is 413 g/mol. The maximum Gasteiger partial charge on any atom is 0.255 e. The number of anilines is 1. The van der Waals surface area contributed by atoms with Gasteiger partial charge in [-0.1, -0.05) is 6.07 Å². The zero-order valence-corrected chi connectivity index (χ0v) is 17.5. The van der Waals surface area contributed by atoms with Crippen molar-refractivity contribution in [1.82, 2.24) is 8.87 Å². The smallest absolute Gasteiger partial charge is 0.255 e. The highest BCUT2D eigenvalue weighted by Crippen LogP contribution is 2.29. The van der Waals surface area contributed by atoms with Crippen LogP contribution in [0.15, 0.2) is 65.8 Å². The first-order valence-electron chi connectivity index (χ1n) is 8.90. The summed E-state index contributed by atoms with van der Waals surface area (Å²) in [6.07, 6.45) is 3.81. The number of amides is 1. The largest absolute Gasteiger partial charge is 0.495 e. The summed E-state index contributed by atoms with van der Waals surface area (Å²) in [6, 6.07) is 13.6. The van der Waals surface area contributed by atoms with Crippen LogP contribution in [0.25, 0.3) is 5.69 Å². The Labute approximate surface area is 170 Å². The third-order valence-corrected chi connectivity index (χ3v) is 6.36. The molecule has 1 amide bonds. The molecule has 8 heteroatoms. The second-order valence-electron chi connectivity index (χ2n) is 6.70. The number of sulfonamides is 1. The van der Waals surface area contributed by atoms with E-state index in [-0.39, 0.29) is 16.5 Å². The Morgan fingerprint density at radius 3 is 2.38 bits per heavy atom. The van der Waals surface area contributed by atoms with Crippen LogP contribution in [0.1, 0.15) is 15.9 Å². The fourth-order valence-electron chi connectivity index (χ4n) is 2.87. The molecule has 2 aromatic carbocycles. The number of ether oxygens (including phenoxy) is 1. The van der Waals surface area contributed by atoms with Gasteiger partial charge in [-0.3, -0.25) is 4.79 Å². The summed E-state index contributed by atoms with van der Waals surface area (Å²) in [6.45, 7) is 1.97. The quantitative estimate of drug-likeness (QED) is 0.672. The van der Waals surface area contributed by atoms with Crippen LogP contribution in [0.4, 0.5) is 5.69 Å². The number of nitrogens with one attached hydrogen (secondary N) is 1. The lowest BCUT2D eigenvalue weighted by molar-refractivity contribution is 0.102. The molecule has 29 heavy (non-hydrogen) atoms. The minimum Gasteiger partial charge on any atom is -0.495 e. The molecule has 1 heterocycles. The maximum atomic E-state index is 12.9. The molecule has 0 aliphatic carbocycles. The summed E-state index contributed by atoms with van der Waals surface area (Å²) < 4.78 is 33.2. The summed E-state index contributed by atoms with van der Waals surface area (Å²) in [5.41, 5.74) is 2.64. The molecule has 7 nitrogen and oxygen atoms in total. The highest BCUT2D eigenvalue weighted by atomic mass is 32.2. The first-order chi connectivity index (χ1) is 13.7. The molecule has 0 bridgehead atoms. The van der Waals surface area contributed by atoms with Crippen molar-refractivity contribution < 1.29 is 17.9 Å². The number of carbonyl (C=O) groups is 1.